The van der Waals surface area contributed by atoms with Gasteiger partial charge in [0.25, 0.3) is 0 Å². The van der Waals surface area contributed by atoms with Crippen molar-refractivity contribution in [3.05, 3.63) is 282 Å². The van der Waals surface area contributed by atoms with Crippen molar-refractivity contribution in [2.45, 2.75) is 77.7 Å². The van der Waals surface area contributed by atoms with Crippen LogP contribution in [0.15, 0.2) is 273 Å². The fourth-order valence-corrected chi connectivity index (χ4v) is 15.0. The van der Waals surface area contributed by atoms with Crippen molar-refractivity contribution in [3.63, 3.8) is 0 Å². The third kappa shape index (κ3) is 8.83. The van der Waals surface area contributed by atoms with Gasteiger partial charge in [0.05, 0.1) is 31.4 Å². The molecule has 17 rings (SSSR count). The first kappa shape index (κ1) is 54.0. The highest BCUT2D eigenvalue weighted by Gasteiger charge is 2.49. The van der Waals surface area contributed by atoms with Gasteiger partial charge in [-0.2, -0.15) is 0 Å². The van der Waals surface area contributed by atoms with Crippen LogP contribution in [0.3, 0.4) is 0 Å². The van der Waals surface area contributed by atoms with Gasteiger partial charge in [-0.25, -0.2) is 0 Å². The fourth-order valence-electron chi connectivity index (χ4n) is 15.0. The molecule has 0 bridgehead atoms. The van der Waals surface area contributed by atoms with Crippen LogP contribution in [0.4, 0.5) is 22.7 Å². The molecule has 0 saturated heterocycles. The summed E-state index contributed by atoms with van der Waals surface area (Å²) in [5, 5.41) is 3.22. The number of nitrogens with zero attached hydrogens (tertiary/aromatic N) is 2. The molecule has 13 aromatic rings. The SMILES string of the molecule is CC1=CC2=C3B(c4ccc(-c5ccc(C(C)(C)C)cc5)cc4N2c2cc(-c4coc5ccccc45)cc(-c4coc5ccccc45)c2)c2ccc(-c4ccc(C(C)(C)C)cc4)cc2N(c2cc(-c4coc5ccccc45)cc(C4COc5ccccc54)c2)C3C1. The number of fused-ring (bicyclic) bond motifs is 8. The van der Waals surface area contributed by atoms with E-state index in [1.54, 1.807) is 0 Å². The van der Waals surface area contributed by atoms with E-state index in [2.05, 4.69) is 271 Å². The number of ether oxygens (including phenoxy) is 1. The second-order valence-electron chi connectivity index (χ2n) is 27.3. The smallest absolute Gasteiger partial charge is 0.247 e. The van der Waals surface area contributed by atoms with Crippen molar-refractivity contribution in [1.29, 1.82) is 0 Å². The Morgan fingerprint density at radius 3 is 1.48 bits per heavy atom. The molecular weight excluding hydrogens is 1100 g/mol. The normalized spacial score (nSPS) is 16.1. The largest absolute Gasteiger partial charge is 0.492 e. The minimum Gasteiger partial charge on any atom is -0.492 e. The Bertz CT molecular complexity index is 5020. The molecule has 0 amide bonds. The number of furan rings is 3. The Labute approximate surface area is 526 Å². The summed E-state index contributed by atoms with van der Waals surface area (Å²) in [6.45, 7) is 16.5. The third-order valence-corrected chi connectivity index (χ3v) is 19.6. The van der Waals surface area contributed by atoms with Crippen molar-refractivity contribution < 1.29 is 18.0 Å². The van der Waals surface area contributed by atoms with Crippen LogP contribution < -0.4 is 25.5 Å². The molecule has 2 unspecified atom stereocenters. The summed E-state index contributed by atoms with van der Waals surface area (Å²) >= 11 is 0. The molecule has 4 aliphatic rings. The number of allylic oxidation sites excluding steroid dienone is 1. The third-order valence-electron chi connectivity index (χ3n) is 19.6. The van der Waals surface area contributed by atoms with E-state index >= 15 is 0 Å². The van der Waals surface area contributed by atoms with Gasteiger partial charge in [0.1, 0.15) is 22.5 Å². The van der Waals surface area contributed by atoms with Crippen molar-refractivity contribution in [2.24, 2.45) is 0 Å². The summed E-state index contributed by atoms with van der Waals surface area (Å²) in [7, 11) is 0. The van der Waals surface area contributed by atoms with Crippen LogP contribution in [0.2, 0.25) is 0 Å². The maximum Gasteiger partial charge on any atom is 0.247 e. The van der Waals surface area contributed by atoms with E-state index in [0.29, 0.717) is 6.61 Å². The minimum absolute atomic E-state index is 0.0163. The second-order valence-corrected chi connectivity index (χ2v) is 27.3. The highest BCUT2D eigenvalue weighted by molar-refractivity contribution is 6.94. The molecular formula is C83H67BN2O4. The molecule has 0 radical (unpaired) electrons. The van der Waals surface area contributed by atoms with Gasteiger partial charge in [-0.1, -0.05) is 199 Å². The van der Waals surface area contributed by atoms with Gasteiger partial charge in [-0.05, 0) is 169 Å². The molecule has 0 spiro atoms. The fraction of sp³-hybridized carbons (Fsp3) is 0.157. The molecule has 0 fully saturated rings. The maximum absolute atomic E-state index is 6.54. The van der Waals surface area contributed by atoms with Crippen LogP contribution in [-0.2, 0) is 10.8 Å². The van der Waals surface area contributed by atoms with Crippen molar-refractivity contribution >= 4 is 73.3 Å². The lowest BCUT2D eigenvalue weighted by molar-refractivity contribution is 0.343. The highest BCUT2D eigenvalue weighted by atomic mass is 16.5. The topological polar surface area (TPSA) is 55.1 Å². The van der Waals surface area contributed by atoms with E-state index in [1.165, 1.54) is 72.3 Å². The molecule has 90 heavy (non-hydrogen) atoms. The number of rotatable bonds is 8. The zero-order valence-corrected chi connectivity index (χ0v) is 51.8. The zero-order valence-electron chi connectivity index (χ0n) is 51.8. The molecule has 6 heterocycles. The monoisotopic (exact) mass is 1170 g/mol. The van der Waals surface area contributed by atoms with Gasteiger partial charge in [0.2, 0.25) is 6.71 Å². The van der Waals surface area contributed by atoms with E-state index in [0.717, 1.165) is 101 Å². The molecule has 3 aliphatic heterocycles. The second kappa shape index (κ2) is 20.4. The Kier molecular flexibility index (Phi) is 12.2. The average Bonchev–Trinajstić information content (AvgIpc) is 0.969. The number of benzene rings is 10. The van der Waals surface area contributed by atoms with Crippen molar-refractivity contribution in [3.8, 4) is 61.4 Å². The number of anilines is 4. The molecule has 0 saturated carbocycles. The Morgan fingerprint density at radius 2 is 0.922 bits per heavy atom. The summed E-state index contributed by atoms with van der Waals surface area (Å²) in [6, 6.07) is 81.1. The van der Waals surface area contributed by atoms with Gasteiger partial charge < -0.3 is 27.8 Å². The Balaban J connectivity index is 0.945. The molecule has 2 atom stereocenters. The van der Waals surface area contributed by atoms with Crippen LogP contribution in [-0.4, -0.2) is 19.4 Å². The molecule has 1 aliphatic carbocycles. The predicted octanol–water partition coefficient (Wildman–Crippen LogP) is 20.8. The molecule has 7 heteroatoms. The predicted molar refractivity (Wildman–Crippen MR) is 372 cm³/mol. The number of para-hydroxylation sites is 4. The standard InChI is InChI=1S/C83H67BN2O4/c1-50-36-75-81-76(37-50)86(62-42-57(69-48-89-79-22-14-10-18-65(69)79)39-58(43-62)70-49-90-80-23-15-11-19-66(70)80)74-45-54(52-26-32-60(33-27-52)83(5,6)7)29-35-72(74)84(81)71-34-28-53(51-24-30-59(31-25-51)82(2,3)4)44-73(71)85(75)61-40-55(67-46-87-77-20-12-8-16-63(67)77)38-56(41-61)68-47-88-78-21-13-9-17-64(68)78/h8-36,38-48,70,76H,37,49H2,1-7H3. The van der Waals surface area contributed by atoms with Crippen LogP contribution in [0.25, 0.3) is 88.5 Å². The number of hydrogen-bond donors (Lipinski definition) is 0. The van der Waals surface area contributed by atoms with Crippen LogP contribution in [0.1, 0.15) is 83.1 Å². The summed E-state index contributed by atoms with van der Waals surface area (Å²) in [5.74, 6) is 0.960. The van der Waals surface area contributed by atoms with Gasteiger partial charge in [-0.3, -0.25) is 0 Å². The average molecular weight is 1170 g/mol. The first-order valence-corrected chi connectivity index (χ1v) is 31.7. The van der Waals surface area contributed by atoms with E-state index < -0.39 is 0 Å². The van der Waals surface area contributed by atoms with Gasteiger partial charge >= 0.3 is 0 Å². The van der Waals surface area contributed by atoms with Crippen LogP contribution >= 0.6 is 0 Å². The quantitative estimate of drug-likeness (QED) is 0.141. The molecule has 3 aromatic heterocycles. The van der Waals surface area contributed by atoms with E-state index in [9.17, 15) is 0 Å². The van der Waals surface area contributed by atoms with Gasteiger partial charge in [0, 0.05) is 72.8 Å². The lowest BCUT2D eigenvalue weighted by atomic mass is 9.31. The summed E-state index contributed by atoms with van der Waals surface area (Å²) in [6.07, 6.45) is 9.12. The number of hydrogen-bond acceptors (Lipinski definition) is 6. The molecule has 436 valence electrons. The summed E-state index contributed by atoms with van der Waals surface area (Å²) < 4.78 is 25.7. The van der Waals surface area contributed by atoms with Crippen LogP contribution in [0.5, 0.6) is 5.75 Å². The van der Waals surface area contributed by atoms with Gasteiger partial charge in [-0.15, -0.1) is 0 Å². The lowest BCUT2D eigenvalue weighted by Crippen LogP contribution is -2.61. The van der Waals surface area contributed by atoms with Crippen molar-refractivity contribution in [1.82, 2.24) is 0 Å². The minimum atomic E-state index is -0.101. The summed E-state index contributed by atoms with van der Waals surface area (Å²) in [5.41, 5.74) is 29.6. The Morgan fingerprint density at radius 1 is 0.444 bits per heavy atom. The highest BCUT2D eigenvalue weighted by Crippen LogP contribution is 2.52. The zero-order chi connectivity index (χ0) is 60.7. The molecule has 10 aromatic carbocycles. The van der Waals surface area contributed by atoms with E-state index in [-0.39, 0.29) is 29.5 Å². The van der Waals surface area contributed by atoms with Crippen molar-refractivity contribution in [2.75, 3.05) is 16.4 Å². The van der Waals surface area contributed by atoms with E-state index in [4.69, 9.17) is 18.0 Å². The lowest BCUT2D eigenvalue weighted by Gasteiger charge is -2.50. The van der Waals surface area contributed by atoms with E-state index in [1.807, 2.05) is 30.9 Å². The Hall–Kier alpha value is -10.2. The molecule has 0 N–H and O–H groups in total. The summed E-state index contributed by atoms with van der Waals surface area (Å²) in [4.78, 5) is 5.31. The molecule has 6 nitrogen and oxygen atoms in total. The first-order valence-electron chi connectivity index (χ1n) is 31.7. The van der Waals surface area contributed by atoms with Crippen LogP contribution in [0, 0.1) is 0 Å². The first-order chi connectivity index (χ1) is 43.8. The maximum atomic E-state index is 6.54. The van der Waals surface area contributed by atoms with Gasteiger partial charge in [0.15, 0.2) is 0 Å².